The maximum atomic E-state index is 13.9. The molecule has 2 aliphatic heterocycles. The van der Waals surface area contributed by atoms with Gasteiger partial charge < -0.3 is 18.6 Å². The second-order valence-corrected chi connectivity index (χ2v) is 20.8. The van der Waals surface area contributed by atoms with E-state index in [9.17, 15) is 23.2 Å². The van der Waals surface area contributed by atoms with Crippen LogP contribution in [-0.4, -0.2) is 32.5 Å². The molecule has 261 valence electrons. The van der Waals surface area contributed by atoms with Gasteiger partial charge in [-0.3, -0.25) is 9.78 Å². The van der Waals surface area contributed by atoms with E-state index in [2.05, 4.69) is 33.9 Å². The molecule has 0 unspecified atom stereocenters. The highest BCUT2D eigenvalue weighted by Crippen LogP contribution is 2.65. The van der Waals surface area contributed by atoms with Gasteiger partial charge >= 0.3 is 12.1 Å². The second kappa shape index (κ2) is 11.9. The average Bonchev–Trinajstić information content (AvgIpc) is 3.29. The van der Waals surface area contributed by atoms with E-state index >= 15 is 0 Å². The Bertz CT molecular complexity index is 1650. The number of hydrogen-bond donors (Lipinski definition) is 0. The second-order valence-electron chi connectivity index (χ2n) is 16.0. The Hall–Kier alpha value is -2.78. The summed E-state index contributed by atoms with van der Waals surface area (Å²) in [6, 6.07) is 5.48. The van der Waals surface area contributed by atoms with Crippen LogP contribution in [0.5, 0.6) is 0 Å². The number of aromatic nitrogens is 1. The molecule has 6 rings (SSSR count). The van der Waals surface area contributed by atoms with Crippen molar-refractivity contribution in [3.8, 4) is 6.07 Å². The summed E-state index contributed by atoms with van der Waals surface area (Å²) in [6.45, 7) is 17.5. The first-order valence-electron chi connectivity index (χ1n) is 17.1. The summed E-state index contributed by atoms with van der Waals surface area (Å²) in [6.07, 6.45) is -1.73. The Labute approximate surface area is 282 Å². The molecule has 2 aliphatic carbocycles. The third-order valence-electron chi connectivity index (χ3n) is 11.6. The van der Waals surface area contributed by atoms with Crippen molar-refractivity contribution in [2.24, 2.45) is 5.41 Å². The quantitative estimate of drug-likeness (QED) is 0.229. The molecule has 2 spiro atoms. The van der Waals surface area contributed by atoms with E-state index < -0.39 is 43.4 Å². The fourth-order valence-electron chi connectivity index (χ4n) is 8.03. The fraction of sp³-hybridized carbons (Fsp3) is 0.649. The van der Waals surface area contributed by atoms with E-state index in [1.807, 2.05) is 13.8 Å². The standard InChI is InChI=1S/C37H47F3N2O5Si/c1-21(2)30-28-29(36(14-16-44-17-15-36)46-32(28)23-10-11-25(37(38,39)40)24(18-23)20-41)27-26(47-48(7,8)34(4,5)6)19-35(12-9-13-35)33(31(27)42-30)45-22(3)43/h10-11,18,21,26,32-33H,9,12-17,19H2,1-8H3/q-1/t26-,32+,33-/m0/s1. The van der Waals surface area contributed by atoms with Crippen LogP contribution in [0.1, 0.15) is 149 Å². The van der Waals surface area contributed by atoms with Crippen molar-refractivity contribution in [2.75, 3.05) is 13.2 Å². The van der Waals surface area contributed by atoms with Crippen LogP contribution >= 0.6 is 0 Å². The zero-order valence-electron chi connectivity index (χ0n) is 29.3. The number of esters is 1. The van der Waals surface area contributed by atoms with Gasteiger partial charge in [0.05, 0.1) is 28.5 Å². The molecule has 4 aliphatic rings. The number of nitrogens with zero attached hydrogens (tertiary/aromatic N) is 2. The summed E-state index contributed by atoms with van der Waals surface area (Å²) < 4.78 is 68.1. The van der Waals surface area contributed by atoms with Crippen molar-refractivity contribution in [2.45, 2.75) is 134 Å². The van der Waals surface area contributed by atoms with Gasteiger partial charge in [0.2, 0.25) is 0 Å². The SMILES string of the molecule is CC(=O)O[C@H]1c2nc(C(C)C)c3c(c2[C@@H](O[Si-](C)(C)C(C)(C)C)CC12CCC2)C1(CCOCC1)O[C@@H]3c1ccc(C(F)(F)F)c(C#N)c1. The van der Waals surface area contributed by atoms with E-state index in [0.717, 1.165) is 53.4 Å². The van der Waals surface area contributed by atoms with Crippen LogP contribution in [0.4, 0.5) is 13.2 Å². The lowest BCUT2D eigenvalue weighted by molar-refractivity contribution is -0.167. The number of carbonyl (C=O) groups excluding carboxylic acids is 1. The van der Waals surface area contributed by atoms with Gasteiger partial charge in [-0.1, -0.05) is 47.1 Å². The Kier molecular flexibility index (Phi) is 8.71. The summed E-state index contributed by atoms with van der Waals surface area (Å²) in [4.78, 5) is 18.1. The molecule has 3 atom stereocenters. The fourth-order valence-corrected chi connectivity index (χ4v) is 9.30. The van der Waals surface area contributed by atoms with Crippen LogP contribution in [0.2, 0.25) is 18.1 Å². The first-order valence-corrected chi connectivity index (χ1v) is 20.0. The molecule has 0 N–H and O–H groups in total. The van der Waals surface area contributed by atoms with Crippen molar-refractivity contribution < 1.29 is 36.6 Å². The van der Waals surface area contributed by atoms with Crippen molar-refractivity contribution in [3.63, 3.8) is 0 Å². The highest BCUT2D eigenvalue weighted by molar-refractivity contribution is 6.74. The van der Waals surface area contributed by atoms with Crippen molar-refractivity contribution in [1.29, 1.82) is 5.26 Å². The van der Waals surface area contributed by atoms with Gasteiger partial charge in [0.25, 0.3) is 0 Å². The van der Waals surface area contributed by atoms with Crippen molar-refractivity contribution in [1.82, 2.24) is 4.98 Å². The number of fused-ring (bicyclic) bond motifs is 4. The van der Waals surface area contributed by atoms with Gasteiger partial charge in [-0.25, -0.2) is 0 Å². The molecule has 1 aromatic heterocycles. The molecule has 2 aromatic rings. The summed E-state index contributed by atoms with van der Waals surface area (Å²) in [5, 5.41) is 9.72. The molecule has 1 saturated heterocycles. The molecule has 11 heteroatoms. The molecule has 0 amide bonds. The number of carbonyl (C=O) groups is 1. The van der Waals surface area contributed by atoms with Crippen LogP contribution in [0.3, 0.4) is 0 Å². The minimum atomic E-state index is -4.67. The first-order chi connectivity index (χ1) is 22.3. The average molecular weight is 685 g/mol. The molecule has 2 fully saturated rings. The minimum absolute atomic E-state index is 0.0789. The summed E-state index contributed by atoms with van der Waals surface area (Å²) in [5.41, 5.74) is 2.09. The highest BCUT2D eigenvalue weighted by Gasteiger charge is 2.58. The summed E-state index contributed by atoms with van der Waals surface area (Å²) in [7, 11) is -2.36. The molecule has 7 nitrogen and oxygen atoms in total. The number of alkyl halides is 3. The Morgan fingerprint density at radius 3 is 2.29 bits per heavy atom. The third-order valence-corrected chi connectivity index (χ3v) is 16.1. The predicted octanol–water partition coefficient (Wildman–Crippen LogP) is 9.46. The van der Waals surface area contributed by atoms with Gasteiger partial charge in [-0.05, 0) is 56.8 Å². The van der Waals surface area contributed by atoms with E-state index in [1.54, 1.807) is 6.07 Å². The van der Waals surface area contributed by atoms with Crippen molar-refractivity contribution >= 4 is 14.3 Å². The topological polar surface area (TPSA) is 90.7 Å². The van der Waals surface area contributed by atoms with Crippen LogP contribution in [-0.2, 0) is 35.2 Å². The molecular formula is C37H47F3N2O5Si-. The smallest absolute Gasteiger partial charge is 0.417 e. The maximum Gasteiger partial charge on any atom is 0.417 e. The van der Waals surface area contributed by atoms with Gasteiger partial charge in [-0.2, -0.15) is 18.4 Å². The lowest BCUT2D eigenvalue weighted by Gasteiger charge is -2.57. The maximum absolute atomic E-state index is 13.9. The number of pyridine rings is 1. The Morgan fingerprint density at radius 2 is 1.77 bits per heavy atom. The summed E-state index contributed by atoms with van der Waals surface area (Å²) >= 11 is 0. The largest absolute Gasteiger partial charge is 0.559 e. The first kappa shape index (κ1) is 35.1. The monoisotopic (exact) mass is 684 g/mol. The number of hydrogen-bond acceptors (Lipinski definition) is 7. The van der Waals surface area contributed by atoms with Gasteiger partial charge in [0.15, 0.2) is 0 Å². The van der Waals surface area contributed by atoms with Crippen molar-refractivity contribution in [3.05, 3.63) is 63.0 Å². The zero-order valence-corrected chi connectivity index (χ0v) is 30.3. The molecule has 1 aromatic carbocycles. The lowest BCUT2D eigenvalue weighted by atomic mass is 9.57. The number of nitriles is 1. The Morgan fingerprint density at radius 1 is 1.10 bits per heavy atom. The third kappa shape index (κ3) is 5.70. The molecule has 48 heavy (non-hydrogen) atoms. The normalized spacial score (nSPS) is 24.6. The van der Waals surface area contributed by atoms with E-state index in [4.69, 9.17) is 23.6 Å². The van der Waals surface area contributed by atoms with Crippen LogP contribution in [0.25, 0.3) is 0 Å². The number of rotatable bonds is 5. The van der Waals surface area contributed by atoms with Gasteiger partial charge in [0.1, 0.15) is 12.2 Å². The predicted molar refractivity (Wildman–Crippen MR) is 176 cm³/mol. The molecule has 0 bridgehead atoms. The van der Waals surface area contributed by atoms with E-state index in [1.165, 1.54) is 19.1 Å². The molecule has 1 saturated carbocycles. The lowest BCUT2D eigenvalue weighted by Crippen LogP contribution is -2.49. The van der Waals surface area contributed by atoms with Gasteiger partial charge in [-0.15, -0.1) is 18.1 Å². The number of ether oxygens (including phenoxy) is 3. The summed E-state index contributed by atoms with van der Waals surface area (Å²) in [5.74, 6) is -0.454. The van der Waals surface area contributed by atoms with Crippen LogP contribution < -0.4 is 0 Å². The van der Waals surface area contributed by atoms with E-state index in [0.29, 0.717) is 38.0 Å². The number of benzene rings is 1. The Balaban J connectivity index is 1.67. The van der Waals surface area contributed by atoms with Gasteiger partial charge in [0, 0.05) is 61.3 Å². The molecule has 3 heterocycles. The van der Waals surface area contributed by atoms with Crippen LogP contribution in [0, 0.1) is 16.7 Å². The molecular weight excluding hydrogens is 637 g/mol. The zero-order chi connectivity index (χ0) is 35.0. The molecule has 0 radical (unpaired) electrons. The number of halogens is 3. The van der Waals surface area contributed by atoms with E-state index in [-0.39, 0.29) is 28.4 Å². The highest BCUT2D eigenvalue weighted by atomic mass is 28.4. The van der Waals surface area contributed by atoms with Crippen LogP contribution in [0.15, 0.2) is 18.2 Å². The minimum Gasteiger partial charge on any atom is -0.559 e.